The maximum Gasteiger partial charge on any atom is 0.165 e. The second-order valence-corrected chi connectivity index (χ2v) is 4.18. The molecule has 1 aromatic carbocycles. The van der Waals surface area contributed by atoms with Crippen LogP contribution in [0.3, 0.4) is 0 Å². The molecule has 2 rings (SSSR count). The van der Waals surface area contributed by atoms with Crippen molar-refractivity contribution >= 4 is 0 Å². The minimum atomic E-state index is -0.517. The maximum absolute atomic E-state index is 13.0. The van der Waals surface area contributed by atoms with Crippen LogP contribution in [0.4, 0.5) is 4.39 Å². The minimum absolute atomic E-state index is 0.263. The largest absolute Gasteiger partial charge is 0.505 e. The first kappa shape index (κ1) is 10.4. The Kier molecular flexibility index (Phi) is 3.21. The van der Waals surface area contributed by atoms with Crippen molar-refractivity contribution in [2.24, 2.45) is 5.92 Å². The highest BCUT2D eigenvalue weighted by Gasteiger charge is 2.14. The van der Waals surface area contributed by atoms with E-state index in [1.807, 2.05) is 0 Å². The number of phenolic OH excluding ortho intramolecular Hbond substituents is 1. The van der Waals surface area contributed by atoms with Crippen LogP contribution in [0.5, 0.6) is 5.75 Å². The number of benzene rings is 1. The summed E-state index contributed by atoms with van der Waals surface area (Å²) in [6.45, 7) is 2.19. The van der Waals surface area contributed by atoms with Crippen molar-refractivity contribution in [3.8, 4) is 5.75 Å². The zero-order valence-corrected chi connectivity index (χ0v) is 8.67. The van der Waals surface area contributed by atoms with E-state index in [-0.39, 0.29) is 5.75 Å². The van der Waals surface area contributed by atoms with Crippen molar-refractivity contribution in [2.45, 2.75) is 19.3 Å². The van der Waals surface area contributed by atoms with Crippen molar-refractivity contribution in [3.63, 3.8) is 0 Å². The highest BCUT2D eigenvalue weighted by molar-refractivity contribution is 5.28. The van der Waals surface area contributed by atoms with Crippen LogP contribution in [0.25, 0.3) is 0 Å². The van der Waals surface area contributed by atoms with Crippen molar-refractivity contribution in [1.29, 1.82) is 0 Å². The molecule has 1 aliphatic rings. The summed E-state index contributed by atoms with van der Waals surface area (Å²) in [5, 5.41) is 12.4. The lowest BCUT2D eigenvalue weighted by molar-refractivity contribution is 0.431. The quantitative estimate of drug-likeness (QED) is 0.798. The van der Waals surface area contributed by atoms with Gasteiger partial charge in [0.2, 0.25) is 0 Å². The van der Waals surface area contributed by atoms with Crippen LogP contribution in [0.1, 0.15) is 18.4 Å². The SMILES string of the molecule is Oc1ccc(CCC2CCNC2)cc1F. The molecule has 0 aromatic heterocycles. The molecule has 0 spiro atoms. The van der Waals surface area contributed by atoms with Crippen molar-refractivity contribution in [3.05, 3.63) is 29.6 Å². The van der Waals surface area contributed by atoms with Gasteiger partial charge in [-0.05, 0) is 56.0 Å². The molecule has 1 unspecified atom stereocenters. The van der Waals surface area contributed by atoms with E-state index in [9.17, 15) is 4.39 Å². The van der Waals surface area contributed by atoms with E-state index in [0.717, 1.165) is 37.4 Å². The Balaban J connectivity index is 1.90. The normalized spacial score (nSPS) is 20.7. The Morgan fingerprint density at radius 3 is 3.00 bits per heavy atom. The molecule has 82 valence electrons. The average molecular weight is 209 g/mol. The lowest BCUT2D eigenvalue weighted by atomic mass is 9.99. The van der Waals surface area contributed by atoms with E-state index < -0.39 is 5.82 Å². The van der Waals surface area contributed by atoms with Gasteiger partial charge >= 0.3 is 0 Å². The Morgan fingerprint density at radius 2 is 2.33 bits per heavy atom. The van der Waals surface area contributed by atoms with Crippen LogP contribution in [0.15, 0.2) is 18.2 Å². The van der Waals surface area contributed by atoms with E-state index in [0.29, 0.717) is 0 Å². The van der Waals surface area contributed by atoms with Crippen molar-refractivity contribution in [2.75, 3.05) is 13.1 Å². The molecular formula is C12H16FNO. The van der Waals surface area contributed by atoms with Gasteiger partial charge in [-0.3, -0.25) is 0 Å². The summed E-state index contributed by atoms with van der Waals surface area (Å²) in [6.07, 6.45) is 3.21. The average Bonchev–Trinajstić information content (AvgIpc) is 2.73. The third kappa shape index (κ3) is 2.69. The summed E-state index contributed by atoms with van der Waals surface area (Å²) < 4.78 is 13.0. The summed E-state index contributed by atoms with van der Waals surface area (Å²) in [4.78, 5) is 0. The Hall–Kier alpha value is -1.09. The molecule has 2 N–H and O–H groups in total. The third-order valence-electron chi connectivity index (χ3n) is 3.02. The van der Waals surface area contributed by atoms with E-state index in [1.165, 1.54) is 18.6 Å². The molecule has 1 heterocycles. The number of aromatic hydroxyl groups is 1. The van der Waals surface area contributed by atoms with Crippen LogP contribution in [-0.4, -0.2) is 18.2 Å². The van der Waals surface area contributed by atoms with Crippen LogP contribution < -0.4 is 5.32 Å². The van der Waals surface area contributed by atoms with Crippen LogP contribution in [0, 0.1) is 11.7 Å². The molecule has 0 amide bonds. The molecule has 0 saturated carbocycles. The standard InChI is InChI=1S/C12H16FNO/c13-11-7-9(3-4-12(11)15)1-2-10-5-6-14-8-10/h3-4,7,10,14-15H,1-2,5-6,8H2. The number of phenols is 1. The molecule has 1 saturated heterocycles. The van der Waals surface area contributed by atoms with E-state index in [2.05, 4.69) is 5.32 Å². The van der Waals surface area contributed by atoms with Gasteiger partial charge in [0.05, 0.1) is 0 Å². The molecule has 1 aromatic rings. The minimum Gasteiger partial charge on any atom is -0.505 e. The lowest BCUT2D eigenvalue weighted by Crippen LogP contribution is -2.09. The lowest BCUT2D eigenvalue weighted by Gasteiger charge is -2.08. The summed E-state index contributed by atoms with van der Waals surface area (Å²) in [5.41, 5.74) is 0.970. The maximum atomic E-state index is 13.0. The second-order valence-electron chi connectivity index (χ2n) is 4.18. The molecule has 15 heavy (non-hydrogen) atoms. The number of hydrogen-bond donors (Lipinski definition) is 2. The summed E-state index contributed by atoms with van der Waals surface area (Å²) >= 11 is 0. The fourth-order valence-corrected chi connectivity index (χ4v) is 2.04. The molecule has 3 heteroatoms. The van der Waals surface area contributed by atoms with Gasteiger partial charge in [-0.25, -0.2) is 4.39 Å². The van der Waals surface area contributed by atoms with Crippen molar-refractivity contribution < 1.29 is 9.50 Å². The first-order chi connectivity index (χ1) is 7.25. The predicted molar refractivity (Wildman–Crippen MR) is 57.4 cm³/mol. The van der Waals surface area contributed by atoms with Gasteiger partial charge in [0, 0.05) is 0 Å². The molecular weight excluding hydrogens is 193 g/mol. The van der Waals surface area contributed by atoms with Gasteiger partial charge in [0.25, 0.3) is 0 Å². The van der Waals surface area contributed by atoms with E-state index in [4.69, 9.17) is 5.11 Å². The molecule has 1 fully saturated rings. The fraction of sp³-hybridized carbons (Fsp3) is 0.500. The highest BCUT2D eigenvalue weighted by atomic mass is 19.1. The van der Waals surface area contributed by atoms with Gasteiger partial charge in [-0.1, -0.05) is 6.07 Å². The van der Waals surface area contributed by atoms with Gasteiger partial charge in [-0.15, -0.1) is 0 Å². The second kappa shape index (κ2) is 4.62. The number of rotatable bonds is 3. The van der Waals surface area contributed by atoms with Gasteiger partial charge in [0.1, 0.15) is 0 Å². The fourth-order valence-electron chi connectivity index (χ4n) is 2.04. The Bertz CT molecular complexity index is 334. The zero-order chi connectivity index (χ0) is 10.7. The van der Waals surface area contributed by atoms with Crippen LogP contribution in [0.2, 0.25) is 0 Å². The number of nitrogens with one attached hydrogen (secondary N) is 1. The Labute approximate surface area is 89.1 Å². The number of aryl methyl sites for hydroxylation is 1. The summed E-state index contributed by atoms with van der Waals surface area (Å²) in [5.74, 6) is -0.0554. The summed E-state index contributed by atoms with van der Waals surface area (Å²) in [7, 11) is 0. The molecule has 0 radical (unpaired) electrons. The predicted octanol–water partition coefficient (Wildman–Crippen LogP) is 2.07. The van der Waals surface area contributed by atoms with Crippen LogP contribution >= 0.6 is 0 Å². The van der Waals surface area contributed by atoms with Crippen molar-refractivity contribution in [1.82, 2.24) is 5.32 Å². The van der Waals surface area contributed by atoms with E-state index in [1.54, 1.807) is 6.07 Å². The molecule has 1 atom stereocenters. The number of halogens is 1. The zero-order valence-electron chi connectivity index (χ0n) is 8.67. The first-order valence-corrected chi connectivity index (χ1v) is 5.44. The van der Waals surface area contributed by atoms with E-state index >= 15 is 0 Å². The Morgan fingerprint density at radius 1 is 1.47 bits per heavy atom. The molecule has 2 nitrogen and oxygen atoms in total. The highest BCUT2D eigenvalue weighted by Crippen LogP contribution is 2.20. The first-order valence-electron chi connectivity index (χ1n) is 5.44. The third-order valence-corrected chi connectivity index (χ3v) is 3.02. The van der Waals surface area contributed by atoms with Gasteiger partial charge < -0.3 is 10.4 Å². The van der Waals surface area contributed by atoms with Crippen LogP contribution in [-0.2, 0) is 6.42 Å². The van der Waals surface area contributed by atoms with Gasteiger partial charge in [-0.2, -0.15) is 0 Å². The molecule has 1 aliphatic heterocycles. The monoisotopic (exact) mass is 209 g/mol. The van der Waals surface area contributed by atoms with Gasteiger partial charge in [0.15, 0.2) is 11.6 Å². The smallest absolute Gasteiger partial charge is 0.165 e. The number of hydrogen-bond acceptors (Lipinski definition) is 2. The molecule has 0 aliphatic carbocycles. The summed E-state index contributed by atoms with van der Waals surface area (Å²) in [6, 6.07) is 4.65. The topological polar surface area (TPSA) is 32.3 Å². The molecule has 0 bridgehead atoms.